The van der Waals surface area contributed by atoms with Crippen molar-refractivity contribution < 1.29 is 23.7 Å². The van der Waals surface area contributed by atoms with Crippen molar-refractivity contribution in [3.05, 3.63) is 17.7 Å². The van der Waals surface area contributed by atoms with Gasteiger partial charge in [-0.05, 0) is 6.07 Å². The molecule has 1 aromatic rings. The van der Waals surface area contributed by atoms with Gasteiger partial charge >= 0.3 is 5.97 Å². The molecule has 0 radical (unpaired) electrons. The van der Waals surface area contributed by atoms with Gasteiger partial charge in [0.25, 0.3) is 0 Å². The Hall–Kier alpha value is -2.39. The van der Waals surface area contributed by atoms with Crippen LogP contribution in [0.3, 0.4) is 0 Å². The van der Waals surface area contributed by atoms with E-state index in [2.05, 4.69) is 11.2 Å². The van der Waals surface area contributed by atoms with Gasteiger partial charge in [0.1, 0.15) is 11.8 Å². The summed E-state index contributed by atoms with van der Waals surface area (Å²) < 4.78 is 20.6. The van der Waals surface area contributed by atoms with Crippen LogP contribution >= 0.6 is 0 Å². The molecule has 0 aromatic heterocycles. The van der Waals surface area contributed by atoms with Crippen LogP contribution in [-0.4, -0.2) is 41.0 Å². The Balaban J connectivity index is 3.34. The Morgan fingerprint density at radius 2 is 1.71 bits per heavy atom. The Kier molecular flexibility index (Phi) is 6.37. The van der Waals surface area contributed by atoms with Gasteiger partial charge in [-0.2, -0.15) is 0 Å². The van der Waals surface area contributed by atoms with E-state index in [-0.39, 0.29) is 6.54 Å². The van der Waals surface area contributed by atoms with Crippen molar-refractivity contribution in [3.63, 3.8) is 0 Å². The lowest BCUT2D eigenvalue weighted by Crippen LogP contribution is -2.30. The number of methoxy groups -OCH3 is 4. The highest BCUT2D eigenvalue weighted by molar-refractivity contribution is 5.79. The van der Waals surface area contributed by atoms with Gasteiger partial charge in [0.2, 0.25) is 0 Å². The van der Waals surface area contributed by atoms with E-state index < -0.39 is 12.0 Å². The van der Waals surface area contributed by atoms with Crippen LogP contribution < -0.4 is 19.5 Å². The highest BCUT2D eigenvalue weighted by atomic mass is 16.5. The zero-order chi connectivity index (χ0) is 15.8. The zero-order valence-corrected chi connectivity index (χ0v) is 12.6. The second-order valence-electron chi connectivity index (χ2n) is 3.99. The van der Waals surface area contributed by atoms with Gasteiger partial charge in [-0.3, -0.25) is 5.32 Å². The quantitative estimate of drug-likeness (QED) is 0.601. The number of rotatable bonds is 7. The standard InChI is InChI=1S/C15H19NO5/c1-6-7-16-14(15(17)21-5)10-8-12(19-3)13(20-4)9-11(10)18-2/h1,8-9,14,16H,7H2,2-5H3. The monoisotopic (exact) mass is 293 g/mol. The van der Waals surface area contributed by atoms with Gasteiger partial charge in [0, 0.05) is 11.6 Å². The minimum atomic E-state index is -0.763. The molecule has 21 heavy (non-hydrogen) atoms. The number of terminal acetylenes is 1. The Bertz CT molecular complexity index is 536. The molecule has 0 bridgehead atoms. The first kappa shape index (κ1) is 16.7. The van der Waals surface area contributed by atoms with E-state index in [4.69, 9.17) is 25.4 Å². The minimum Gasteiger partial charge on any atom is -0.496 e. The molecular formula is C15H19NO5. The van der Waals surface area contributed by atoms with Gasteiger partial charge in [-0.15, -0.1) is 6.42 Å². The van der Waals surface area contributed by atoms with Crippen molar-refractivity contribution >= 4 is 5.97 Å². The molecule has 0 saturated heterocycles. The van der Waals surface area contributed by atoms with Gasteiger partial charge < -0.3 is 18.9 Å². The van der Waals surface area contributed by atoms with Gasteiger partial charge in [-0.25, -0.2) is 4.79 Å². The summed E-state index contributed by atoms with van der Waals surface area (Å²) >= 11 is 0. The highest BCUT2D eigenvalue weighted by Gasteiger charge is 2.26. The van der Waals surface area contributed by atoms with E-state index in [9.17, 15) is 4.79 Å². The van der Waals surface area contributed by atoms with Crippen LogP contribution in [0.2, 0.25) is 0 Å². The number of ether oxygens (including phenoxy) is 4. The smallest absolute Gasteiger partial charge is 0.327 e. The maximum absolute atomic E-state index is 12.0. The molecule has 0 aliphatic heterocycles. The SMILES string of the molecule is C#CCNC(C(=O)OC)c1cc(OC)c(OC)cc1OC. The van der Waals surface area contributed by atoms with Crippen molar-refractivity contribution in [2.75, 3.05) is 35.0 Å². The summed E-state index contributed by atoms with van der Waals surface area (Å²) in [5.74, 6) is 3.38. The summed E-state index contributed by atoms with van der Waals surface area (Å²) in [6.07, 6.45) is 5.23. The molecule has 0 aliphatic carbocycles. The van der Waals surface area contributed by atoms with Crippen molar-refractivity contribution in [1.29, 1.82) is 0 Å². The molecule has 1 unspecified atom stereocenters. The molecule has 6 heteroatoms. The number of hydrogen-bond acceptors (Lipinski definition) is 6. The third kappa shape index (κ3) is 3.80. The maximum atomic E-state index is 12.0. The molecule has 0 heterocycles. The van der Waals surface area contributed by atoms with Crippen LogP contribution in [0.1, 0.15) is 11.6 Å². The largest absolute Gasteiger partial charge is 0.496 e. The average Bonchev–Trinajstić information content (AvgIpc) is 2.53. The second kappa shape index (κ2) is 8.02. The molecule has 1 N–H and O–H groups in total. The first-order chi connectivity index (χ1) is 10.1. The minimum absolute atomic E-state index is 0.206. The molecule has 0 fully saturated rings. The molecule has 1 rings (SSSR count). The fraction of sp³-hybridized carbons (Fsp3) is 0.400. The van der Waals surface area contributed by atoms with Gasteiger partial charge in [0.15, 0.2) is 11.5 Å². The number of carbonyl (C=O) groups excluding carboxylic acids is 1. The summed E-state index contributed by atoms with van der Waals surface area (Å²) in [6, 6.07) is 2.53. The molecule has 0 aliphatic rings. The average molecular weight is 293 g/mol. The van der Waals surface area contributed by atoms with E-state index in [1.807, 2.05) is 0 Å². The number of nitrogens with one attached hydrogen (secondary N) is 1. The highest BCUT2D eigenvalue weighted by Crippen LogP contribution is 2.37. The summed E-state index contributed by atoms with van der Waals surface area (Å²) in [4.78, 5) is 12.0. The number of carbonyl (C=O) groups is 1. The number of benzene rings is 1. The Morgan fingerprint density at radius 3 is 2.19 bits per heavy atom. The number of esters is 1. The Morgan fingerprint density at radius 1 is 1.14 bits per heavy atom. The molecule has 6 nitrogen and oxygen atoms in total. The number of hydrogen-bond donors (Lipinski definition) is 1. The summed E-state index contributed by atoms with van der Waals surface area (Å²) in [5.41, 5.74) is 0.553. The molecule has 0 amide bonds. The van der Waals surface area contributed by atoms with E-state index in [1.54, 1.807) is 12.1 Å². The van der Waals surface area contributed by atoms with E-state index >= 15 is 0 Å². The lowest BCUT2D eigenvalue weighted by Gasteiger charge is -2.20. The molecule has 1 atom stereocenters. The Labute approximate surface area is 124 Å². The van der Waals surface area contributed by atoms with Crippen molar-refractivity contribution in [3.8, 4) is 29.6 Å². The normalized spacial score (nSPS) is 11.2. The lowest BCUT2D eigenvalue weighted by atomic mass is 10.0. The topological polar surface area (TPSA) is 66.0 Å². The van der Waals surface area contributed by atoms with Crippen LogP contribution in [0, 0.1) is 12.3 Å². The lowest BCUT2D eigenvalue weighted by molar-refractivity contribution is -0.143. The van der Waals surface area contributed by atoms with E-state index in [0.717, 1.165) is 0 Å². The summed E-state index contributed by atoms with van der Waals surface area (Å²) in [6.45, 7) is 0.206. The summed E-state index contributed by atoms with van der Waals surface area (Å²) in [7, 11) is 5.84. The van der Waals surface area contributed by atoms with Crippen LogP contribution in [0.15, 0.2) is 12.1 Å². The van der Waals surface area contributed by atoms with Crippen molar-refractivity contribution in [2.24, 2.45) is 0 Å². The summed E-state index contributed by atoms with van der Waals surface area (Å²) in [5, 5.41) is 2.91. The van der Waals surface area contributed by atoms with Gasteiger partial charge in [-0.1, -0.05) is 5.92 Å². The predicted molar refractivity (Wildman–Crippen MR) is 77.7 cm³/mol. The molecule has 0 spiro atoms. The zero-order valence-electron chi connectivity index (χ0n) is 12.6. The third-order valence-corrected chi connectivity index (χ3v) is 2.89. The predicted octanol–water partition coefficient (Wildman–Crippen LogP) is 1.15. The molecule has 1 aromatic carbocycles. The van der Waals surface area contributed by atoms with Crippen molar-refractivity contribution in [1.82, 2.24) is 5.32 Å². The van der Waals surface area contributed by atoms with Crippen LogP contribution in [0.4, 0.5) is 0 Å². The first-order valence-electron chi connectivity index (χ1n) is 6.17. The third-order valence-electron chi connectivity index (χ3n) is 2.89. The van der Waals surface area contributed by atoms with Crippen LogP contribution in [0.5, 0.6) is 17.2 Å². The van der Waals surface area contributed by atoms with Crippen LogP contribution in [-0.2, 0) is 9.53 Å². The second-order valence-corrected chi connectivity index (χ2v) is 3.99. The molecule has 114 valence electrons. The van der Waals surface area contributed by atoms with Gasteiger partial charge in [0.05, 0.1) is 35.0 Å². The fourth-order valence-corrected chi connectivity index (χ4v) is 1.88. The van der Waals surface area contributed by atoms with E-state index in [0.29, 0.717) is 22.8 Å². The van der Waals surface area contributed by atoms with Crippen LogP contribution in [0.25, 0.3) is 0 Å². The molecule has 0 saturated carbocycles. The fourth-order valence-electron chi connectivity index (χ4n) is 1.88. The maximum Gasteiger partial charge on any atom is 0.327 e. The molecular weight excluding hydrogens is 274 g/mol. The van der Waals surface area contributed by atoms with Crippen molar-refractivity contribution in [2.45, 2.75) is 6.04 Å². The van der Waals surface area contributed by atoms with E-state index in [1.165, 1.54) is 28.4 Å². The first-order valence-corrected chi connectivity index (χ1v) is 6.17.